The van der Waals surface area contributed by atoms with E-state index < -0.39 is 32.5 Å². The summed E-state index contributed by atoms with van der Waals surface area (Å²) in [4.78, 5) is 13.2. The number of rotatable bonds is 9. The van der Waals surface area contributed by atoms with Gasteiger partial charge in [0.1, 0.15) is 6.54 Å². The maximum Gasteiger partial charge on any atom is 0.264 e. The number of hydrogen-bond acceptors (Lipinski definition) is 5. The summed E-state index contributed by atoms with van der Waals surface area (Å²) < 4.78 is 57.0. The predicted molar refractivity (Wildman–Crippen MR) is 163 cm³/mol. The van der Waals surface area contributed by atoms with E-state index in [1.807, 2.05) is 45.9 Å². The molecule has 0 aliphatic rings. The van der Waals surface area contributed by atoms with Crippen LogP contribution >= 0.6 is 0 Å². The lowest BCUT2D eigenvalue weighted by molar-refractivity contribution is -0.114. The van der Waals surface area contributed by atoms with E-state index in [4.69, 9.17) is 0 Å². The summed E-state index contributed by atoms with van der Waals surface area (Å²) in [5, 5.41) is 2.69. The fraction of sp³-hybridized carbons (Fsp3) is 0.194. The number of nitrogens with one attached hydrogen (secondary N) is 2. The Bertz CT molecular complexity index is 1800. The topological polar surface area (TPSA) is 113 Å². The van der Waals surface area contributed by atoms with E-state index in [2.05, 4.69) is 10.0 Å². The summed E-state index contributed by atoms with van der Waals surface area (Å²) in [5.41, 5.74) is 5.50. The standard InChI is InChI=1S/C31H33N3O5S2/c1-21-7-13-28(14-8-21)41(38,39)34(30-17-9-22(2)18-25(30)5)20-31(35)32-26-11-15-27(16-12-26)40(36,37)33-29-19-23(3)6-10-24(29)4/h6-19,33H,20H2,1-5H3,(H,32,35). The number of carbonyl (C=O) groups is 1. The molecule has 0 aliphatic heterocycles. The van der Waals surface area contributed by atoms with Crippen molar-refractivity contribution in [1.29, 1.82) is 0 Å². The van der Waals surface area contributed by atoms with Crippen LogP contribution in [-0.2, 0) is 24.8 Å². The molecule has 0 atom stereocenters. The second-order valence-electron chi connectivity index (χ2n) is 10.1. The molecule has 0 bridgehead atoms. The molecule has 8 nitrogen and oxygen atoms in total. The molecule has 0 spiro atoms. The highest BCUT2D eigenvalue weighted by Gasteiger charge is 2.28. The van der Waals surface area contributed by atoms with Crippen LogP contribution in [0.1, 0.15) is 27.8 Å². The lowest BCUT2D eigenvalue weighted by Crippen LogP contribution is -2.38. The van der Waals surface area contributed by atoms with E-state index in [9.17, 15) is 21.6 Å². The summed E-state index contributed by atoms with van der Waals surface area (Å²) in [5.74, 6) is -0.579. The fourth-order valence-electron chi connectivity index (χ4n) is 4.32. The Hall–Kier alpha value is -4.15. The van der Waals surface area contributed by atoms with Crippen molar-refractivity contribution in [2.75, 3.05) is 20.9 Å². The second-order valence-corrected chi connectivity index (χ2v) is 13.7. The van der Waals surface area contributed by atoms with E-state index >= 15 is 0 Å². The van der Waals surface area contributed by atoms with Gasteiger partial charge in [-0.15, -0.1) is 0 Å². The van der Waals surface area contributed by atoms with Crippen molar-refractivity contribution in [2.45, 2.75) is 44.4 Å². The van der Waals surface area contributed by atoms with Crippen LogP contribution in [0.25, 0.3) is 0 Å². The molecule has 41 heavy (non-hydrogen) atoms. The van der Waals surface area contributed by atoms with Gasteiger partial charge in [0.05, 0.1) is 21.2 Å². The Morgan fingerprint density at radius 2 is 1.22 bits per heavy atom. The molecule has 214 valence electrons. The van der Waals surface area contributed by atoms with Crippen molar-refractivity contribution < 1.29 is 21.6 Å². The molecule has 0 aliphatic carbocycles. The molecular formula is C31H33N3O5S2. The van der Waals surface area contributed by atoms with Gasteiger partial charge in [-0.2, -0.15) is 0 Å². The summed E-state index contributed by atoms with van der Waals surface area (Å²) in [6, 6.07) is 23.0. The Morgan fingerprint density at radius 1 is 0.659 bits per heavy atom. The van der Waals surface area contributed by atoms with Crippen LogP contribution in [0.4, 0.5) is 17.1 Å². The molecule has 0 fully saturated rings. The average Bonchev–Trinajstić information content (AvgIpc) is 2.90. The van der Waals surface area contributed by atoms with Gasteiger partial charge in [-0.25, -0.2) is 16.8 Å². The molecule has 10 heteroatoms. The van der Waals surface area contributed by atoms with Crippen LogP contribution in [-0.4, -0.2) is 29.3 Å². The van der Waals surface area contributed by atoms with Gasteiger partial charge in [0, 0.05) is 5.69 Å². The number of hydrogen-bond donors (Lipinski definition) is 2. The van der Waals surface area contributed by atoms with Crippen LogP contribution < -0.4 is 14.3 Å². The molecule has 0 saturated heterocycles. The number of anilines is 3. The second kappa shape index (κ2) is 11.8. The first-order chi connectivity index (χ1) is 19.3. The first kappa shape index (κ1) is 29.8. The van der Waals surface area contributed by atoms with Crippen LogP contribution in [0.15, 0.2) is 94.7 Å². The summed E-state index contributed by atoms with van der Waals surface area (Å²) in [7, 11) is -7.94. The largest absolute Gasteiger partial charge is 0.325 e. The summed E-state index contributed by atoms with van der Waals surface area (Å²) in [6.45, 7) is 8.78. The van der Waals surface area contributed by atoms with Crippen LogP contribution in [0.2, 0.25) is 0 Å². The number of aryl methyl sites for hydroxylation is 5. The van der Waals surface area contributed by atoms with Crippen molar-refractivity contribution in [3.05, 3.63) is 113 Å². The monoisotopic (exact) mass is 591 g/mol. The molecule has 0 unspecified atom stereocenters. The molecule has 4 rings (SSSR count). The van der Waals surface area contributed by atoms with Crippen LogP contribution in [0.5, 0.6) is 0 Å². The number of nitrogens with zero attached hydrogens (tertiary/aromatic N) is 1. The first-order valence-corrected chi connectivity index (χ1v) is 15.9. The van der Waals surface area contributed by atoms with Gasteiger partial charge in [0.15, 0.2) is 0 Å². The first-order valence-electron chi connectivity index (χ1n) is 12.9. The molecule has 0 aromatic heterocycles. The number of carbonyl (C=O) groups excluding carboxylic acids is 1. The van der Waals surface area contributed by atoms with Gasteiger partial charge in [-0.1, -0.05) is 47.5 Å². The third kappa shape index (κ3) is 6.96. The quantitative estimate of drug-likeness (QED) is 0.253. The molecule has 2 N–H and O–H groups in total. The van der Waals surface area contributed by atoms with Gasteiger partial charge < -0.3 is 5.32 Å². The SMILES string of the molecule is Cc1ccc(S(=O)(=O)N(CC(=O)Nc2ccc(S(=O)(=O)Nc3cc(C)ccc3C)cc2)c2ccc(C)cc2C)cc1. The van der Waals surface area contributed by atoms with Crippen molar-refractivity contribution in [3.63, 3.8) is 0 Å². The molecule has 0 heterocycles. The Morgan fingerprint density at radius 3 is 1.85 bits per heavy atom. The van der Waals surface area contributed by atoms with Gasteiger partial charge in [-0.05, 0) is 99.8 Å². The lowest BCUT2D eigenvalue weighted by atomic mass is 10.1. The zero-order valence-electron chi connectivity index (χ0n) is 23.6. The average molecular weight is 592 g/mol. The zero-order valence-corrected chi connectivity index (χ0v) is 25.2. The summed E-state index contributed by atoms with van der Waals surface area (Å²) >= 11 is 0. The molecule has 4 aromatic carbocycles. The predicted octanol–water partition coefficient (Wildman–Crippen LogP) is 5.86. The maximum atomic E-state index is 13.7. The minimum absolute atomic E-state index is 0.0234. The maximum absolute atomic E-state index is 13.7. The highest BCUT2D eigenvalue weighted by molar-refractivity contribution is 7.93. The number of amides is 1. The normalized spacial score (nSPS) is 11.6. The van der Waals surface area contributed by atoms with E-state index in [0.717, 1.165) is 26.6 Å². The molecule has 0 radical (unpaired) electrons. The Labute approximate surface area is 242 Å². The van der Waals surface area contributed by atoms with Crippen molar-refractivity contribution >= 4 is 43.0 Å². The van der Waals surface area contributed by atoms with Gasteiger partial charge in [0.25, 0.3) is 20.0 Å². The highest BCUT2D eigenvalue weighted by atomic mass is 32.2. The van der Waals surface area contributed by atoms with Crippen LogP contribution in [0.3, 0.4) is 0 Å². The Balaban J connectivity index is 1.56. The third-order valence-corrected chi connectivity index (χ3v) is 9.76. The van der Waals surface area contributed by atoms with E-state index in [0.29, 0.717) is 22.6 Å². The van der Waals surface area contributed by atoms with Gasteiger partial charge in [0.2, 0.25) is 5.91 Å². The smallest absolute Gasteiger partial charge is 0.264 e. The molecule has 4 aromatic rings. The number of benzene rings is 4. The van der Waals surface area contributed by atoms with Crippen LogP contribution in [0, 0.1) is 34.6 Å². The third-order valence-electron chi connectivity index (χ3n) is 6.60. The molecular weight excluding hydrogens is 558 g/mol. The Kier molecular flexibility index (Phi) is 8.55. The van der Waals surface area contributed by atoms with E-state index in [1.165, 1.54) is 36.4 Å². The molecule has 1 amide bonds. The van der Waals surface area contributed by atoms with Crippen molar-refractivity contribution in [3.8, 4) is 0 Å². The zero-order chi connectivity index (χ0) is 29.9. The van der Waals surface area contributed by atoms with Gasteiger partial charge >= 0.3 is 0 Å². The molecule has 0 saturated carbocycles. The minimum Gasteiger partial charge on any atom is -0.325 e. The van der Waals surface area contributed by atoms with Crippen molar-refractivity contribution in [1.82, 2.24) is 0 Å². The summed E-state index contributed by atoms with van der Waals surface area (Å²) in [6.07, 6.45) is 0. The van der Waals surface area contributed by atoms with Gasteiger partial charge in [-0.3, -0.25) is 13.8 Å². The minimum atomic E-state index is -4.07. The number of sulfonamides is 2. The fourth-order valence-corrected chi connectivity index (χ4v) is 6.93. The highest BCUT2D eigenvalue weighted by Crippen LogP contribution is 2.28. The van der Waals surface area contributed by atoms with E-state index in [1.54, 1.807) is 37.3 Å². The van der Waals surface area contributed by atoms with E-state index in [-0.39, 0.29) is 9.79 Å². The lowest BCUT2D eigenvalue weighted by Gasteiger charge is -2.26. The van der Waals surface area contributed by atoms with Crippen molar-refractivity contribution in [2.24, 2.45) is 0 Å².